The molecule has 35 heavy (non-hydrogen) atoms. The molecule has 8 nitrogen and oxygen atoms in total. The maximum atomic E-state index is 13.1. The molecule has 9 heteroatoms. The van der Waals surface area contributed by atoms with E-state index in [0.717, 1.165) is 5.56 Å². The van der Waals surface area contributed by atoms with Gasteiger partial charge in [0.2, 0.25) is 10.0 Å². The van der Waals surface area contributed by atoms with Gasteiger partial charge in [-0.05, 0) is 49.7 Å². The molecule has 0 spiro atoms. The third kappa shape index (κ3) is 4.87. The third-order valence-electron chi connectivity index (χ3n) is 5.80. The van der Waals surface area contributed by atoms with Gasteiger partial charge in [0, 0.05) is 25.0 Å². The highest BCUT2D eigenvalue weighted by Crippen LogP contribution is 2.18. The monoisotopic (exact) mass is 490 g/mol. The van der Waals surface area contributed by atoms with Crippen LogP contribution in [0.4, 0.5) is 0 Å². The first-order valence-electron chi connectivity index (χ1n) is 11.1. The molecule has 4 aromatic rings. The first kappa shape index (κ1) is 24.3. The van der Waals surface area contributed by atoms with E-state index in [2.05, 4.69) is 10.4 Å². The lowest BCUT2D eigenvalue weighted by atomic mass is 10.1. The quantitative estimate of drug-likeness (QED) is 0.428. The zero-order chi connectivity index (χ0) is 25.2. The number of carbonyl (C=O) groups excluding carboxylic acids is 1. The van der Waals surface area contributed by atoms with Crippen LogP contribution in [0.2, 0.25) is 0 Å². The summed E-state index contributed by atoms with van der Waals surface area (Å²) in [6.45, 7) is 3.78. The molecule has 0 saturated heterocycles. The first-order chi connectivity index (χ1) is 16.7. The van der Waals surface area contributed by atoms with Crippen LogP contribution in [-0.4, -0.2) is 41.5 Å². The van der Waals surface area contributed by atoms with Crippen molar-refractivity contribution in [2.45, 2.75) is 31.3 Å². The van der Waals surface area contributed by atoms with Crippen molar-refractivity contribution in [3.05, 3.63) is 100 Å². The predicted molar refractivity (Wildman–Crippen MR) is 135 cm³/mol. The number of carbonyl (C=O) groups is 1. The van der Waals surface area contributed by atoms with Gasteiger partial charge in [0.25, 0.3) is 11.5 Å². The highest BCUT2D eigenvalue weighted by molar-refractivity contribution is 7.89. The zero-order valence-electron chi connectivity index (χ0n) is 19.7. The van der Waals surface area contributed by atoms with Crippen LogP contribution in [0.3, 0.4) is 0 Å². The van der Waals surface area contributed by atoms with E-state index < -0.39 is 15.9 Å². The van der Waals surface area contributed by atoms with Crippen molar-refractivity contribution >= 4 is 26.7 Å². The Balaban J connectivity index is 1.60. The number of rotatable bonds is 7. The topological polar surface area (TPSA) is 101 Å². The van der Waals surface area contributed by atoms with Crippen LogP contribution in [0.5, 0.6) is 0 Å². The molecule has 1 heterocycles. The molecule has 1 aromatic heterocycles. The van der Waals surface area contributed by atoms with Crippen LogP contribution in [0.25, 0.3) is 16.5 Å². The SMILES string of the molecule is CC(C)N(C)S(=O)(=O)c1ccc(CNC(=O)c2nn(-c3ccccc3)c(=O)c3ccccc23)cc1. The van der Waals surface area contributed by atoms with Crippen LogP contribution in [0.1, 0.15) is 29.9 Å². The van der Waals surface area contributed by atoms with Gasteiger partial charge >= 0.3 is 0 Å². The molecule has 0 saturated carbocycles. The largest absolute Gasteiger partial charge is 0.347 e. The average Bonchev–Trinajstić information content (AvgIpc) is 2.88. The smallest absolute Gasteiger partial charge is 0.279 e. The van der Waals surface area contributed by atoms with Gasteiger partial charge in [-0.2, -0.15) is 14.1 Å². The second-order valence-corrected chi connectivity index (χ2v) is 10.4. The molecule has 0 aliphatic rings. The van der Waals surface area contributed by atoms with Crippen molar-refractivity contribution in [3.63, 3.8) is 0 Å². The minimum Gasteiger partial charge on any atom is -0.347 e. The number of benzene rings is 3. The molecule has 1 amide bonds. The molecule has 3 aromatic carbocycles. The van der Waals surface area contributed by atoms with Crippen molar-refractivity contribution in [1.82, 2.24) is 19.4 Å². The van der Waals surface area contributed by atoms with Gasteiger partial charge in [-0.1, -0.05) is 48.5 Å². The van der Waals surface area contributed by atoms with E-state index in [0.29, 0.717) is 16.5 Å². The molecule has 0 radical (unpaired) electrons. The van der Waals surface area contributed by atoms with E-state index in [1.807, 2.05) is 6.07 Å². The molecule has 1 N–H and O–H groups in total. The second-order valence-electron chi connectivity index (χ2n) is 8.39. The summed E-state index contributed by atoms with van der Waals surface area (Å²) >= 11 is 0. The highest BCUT2D eigenvalue weighted by atomic mass is 32.2. The summed E-state index contributed by atoms with van der Waals surface area (Å²) in [6.07, 6.45) is 0. The Labute approximate surface area is 203 Å². The highest BCUT2D eigenvalue weighted by Gasteiger charge is 2.23. The minimum atomic E-state index is -3.59. The number of nitrogens with zero attached hydrogens (tertiary/aromatic N) is 3. The fraction of sp³-hybridized carbons (Fsp3) is 0.192. The summed E-state index contributed by atoms with van der Waals surface area (Å²) in [5.74, 6) is -0.442. The number of hydrogen-bond donors (Lipinski definition) is 1. The van der Waals surface area contributed by atoms with Gasteiger partial charge in [-0.15, -0.1) is 0 Å². The lowest BCUT2D eigenvalue weighted by Gasteiger charge is -2.21. The number of sulfonamides is 1. The third-order valence-corrected chi connectivity index (χ3v) is 7.85. The Morgan fingerprint density at radius 2 is 1.54 bits per heavy atom. The van der Waals surface area contributed by atoms with Gasteiger partial charge in [-0.25, -0.2) is 8.42 Å². The van der Waals surface area contributed by atoms with E-state index in [1.54, 1.807) is 81.6 Å². The van der Waals surface area contributed by atoms with Crippen LogP contribution < -0.4 is 10.9 Å². The van der Waals surface area contributed by atoms with Crippen molar-refractivity contribution in [2.75, 3.05) is 7.05 Å². The standard InChI is InChI=1S/C26H26N4O4S/c1-18(2)29(3)35(33,34)21-15-13-19(14-16-21)17-27-25(31)24-22-11-7-8-12-23(22)26(32)30(28-24)20-9-5-4-6-10-20/h4-16,18H,17H2,1-3H3,(H,27,31). The first-order valence-corrected chi connectivity index (χ1v) is 12.6. The Kier molecular flexibility index (Phi) is 6.81. The number of para-hydroxylation sites is 1. The average molecular weight is 491 g/mol. The van der Waals surface area contributed by atoms with Crippen LogP contribution in [-0.2, 0) is 16.6 Å². The van der Waals surface area contributed by atoms with Crippen LogP contribution >= 0.6 is 0 Å². The predicted octanol–water partition coefficient (Wildman–Crippen LogP) is 3.34. The molecule has 0 bridgehead atoms. The molecular formula is C26H26N4O4S. The molecule has 4 rings (SSSR count). The molecule has 0 aliphatic carbocycles. The molecule has 0 fully saturated rings. The van der Waals surface area contributed by atoms with E-state index in [9.17, 15) is 18.0 Å². The van der Waals surface area contributed by atoms with Crippen molar-refractivity contribution in [3.8, 4) is 5.69 Å². The maximum absolute atomic E-state index is 13.1. The number of aromatic nitrogens is 2. The lowest BCUT2D eigenvalue weighted by molar-refractivity contribution is 0.0946. The van der Waals surface area contributed by atoms with E-state index in [1.165, 1.54) is 21.1 Å². The van der Waals surface area contributed by atoms with Crippen molar-refractivity contribution in [1.29, 1.82) is 0 Å². The molecule has 0 atom stereocenters. The van der Waals surface area contributed by atoms with Crippen LogP contribution in [0.15, 0.2) is 88.6 Å². The van der Waals surface area contributed by atoms with Gasteiger partial charge in [-0.3, -0.25) is 9.59 Å². The van der Waals surface area contributed by atoms with E-state index >= 15 is 0 Å². The Morgan fingerprint density at radius 3 is 2.17 bits per heavy atom. The summed E-state index contributed by atoms with van der Waals surface area (Å²) in [5.41, 5.74) is 1.10. The van der Waals surface area contributed by atoms with Gasteiger partial charge in [0.15, 0.2) is 5.69 Å². The van der Waals surface area contributed by atoms with Gasteiger partial charge in [0.1, 0.15) is 0 Å². The summed E-state index contributed by atoms with van der Waals surface area (Å²) in [4.78, 5) is 26.3. The fourth-order valence-electron chi connectivity index (χ4n) is 3.59. The Morgan fingerprint density at radius 1 is 0.943 bits per heavy atom. The summed E-state index contributed by atoms with van der Waals surface area (Å²) in [7, 11) is -2.04. The van der Waals surface area contributed by atoms with E-state index in [4.69, 9.17) is 0 Å². The molecule has 0 unspecified atom stereocenters. The lowest BCUT2D eigenvalue weighted by Crippen LogP contribution is -2.33. The molecular weight excluding hydrogens is 464 g/mol. The number of hydrogen-bond acceptors (Lipinski definition) is 5. The van der Waals surface area contributed by atoms with E-state index in [-0.39, 0.29) is 28.7 Å². The minimum absolute atomic E-state index is 0.127. The van der Waals surface area contributed by atoms with Crippen molar-refractivity contribution < 1.29 is 13.2 Å². The molecule has 0 aliphatic heterocycles. The summed E-state index contributed by atoms with van der Waals surface area (Å²) in [6, 6.07) is 22.0. The van der Waals surface area contributed by atoms with Crippen molar-refractivity contribution in [2.24, 2.45) is 0 Å². The maximum Gasteiger partial charge on any atom is 0.279 e. The zero-order valence-corrected chi connectivity index (χ0v) is 20.5. The van der Waals surface area contributed by atoms with Gasteiger partial charge < -0.3 is 5.32 Å². The van der Waals surface area contributed by atoms with Gasteiger partial charge in [0.05, 0.1) is 16.0 Å². The fourth-order valence-corrected chi connectivity index (χ4v) is 4.96. The second kappa shape index (κ2) is 9.81. The normalized spacial score (nSPS) is 11.8. The number of amides is 1. The Bertz CT molecular complexity index is 1530. The Hall–Kier alpha value is -3.82. The summed E-state index contributed by atoms with van der Waals surface area (Å²) in [5, 5.41) is 8.05. The van der Waals surface area contributed by atoms with Crippen LogP contribution in [0, 0.1) is 0 Å². The summed E-state index contributed by atoms with van der Waals surface area (Å²) < 4.78 is 27.8. The number of nitrogens with one attached hydrogen (secondary N) is 1. The number of fused-ring (bicyclic) bond motifs is 1. The molecule has 180 valence electrons.